The number of rotatable bonds is 11. The van der Waals surface area contributed by atoms with E-state index in [0.717, 1.165) is 27.0 Å². The van der Waals surface area contributed by atoms with E-state index in [0.29, 0.717) is 13.0 Å². The number of carbonyl (C=O) groups excluding carboxylic acids is 1. The topological polar surface area (TPSA) is 57.7 Å². The molecule has 0 aliphatic heterocycles. The summed E-state index contributed by atoms with van der Waals surface area (Å²) in [6, 6.07) is 16.8. The molecule has 3 aromatic rings. The van der Waals surface area contributed by atoms with Gasteiger partial charge in [-0.05, 0) is 66.6 Å². The van der Waals surface area contributed by atoms with E-state index in [-0.39, 0.29) is 30.9 Å². The summed E-state index contributed by atoms with van der Waals surface area (Å²) in [5, 5.41) is 3.13. The van der Waals surface area contributed by atoms with E-state index in [4.69, 9.17) is 0 Å². The van der Waals surface area contributed by atoms with Gasteiger partial charge < -0.3 is 4.90 Å². The van der Waals surface area contributed by atoms with Gasteiger partial charge in [-0.1, -0.05) is 49.4 Å². The van der Waals surface area contributed by atoms with Gasteiger partial charge in [-0.15, -0.1) is 11.3 Å². The van der Waals surface area contributed by atoms with Crippen molar-refractivity contribution in [2.75, 3.05) is 6.54 Å². The van der Waals surface area contributed by atoms with Gasteiger partial charge in [-0.25, -0.2) is 12.8 Å². The van der Waals surface area contributed by atoms with Crippen molar-refractivity contribution in [2.24, 2.45) is 0 Å². The van der Waals surface area contributed by atoms with Gasteiger partial charge in [0.1, 0.15) is 5.82 Å². The second-order valence-corrected chi connectivity index (χ2v) is 11.2. The van der Waals surface area contributed by atoms with E-state index in [9.17, 15) is 17.6 Å². The summed E-state index contributed by atoms with van der Waals surface area (Å²) in [6.07, 6.45) is 2.11. The van der Waals surface area contributed by atoms with Crippen LogP contribution in [0.5, 0.6) is 0 Å². The lowest BCUT2D eigenvalue weighted by atomic mass is 10.2. The molecule has 35 heavy (non-hydrogen) atoms. The molecular formula is C27H31FN2O3S2. The summed E-state index contributed by atoms with van der Waals surface area (Å²) in [4.78, 5) is 16.2. The summed E-state index contributed by atoms with van der Waals surface area (Å²) < 4.78 is 41.2. The van der Waals surface area contributed by atoms with E-state index in [1.807, 2.05) is 55.6 Å². The van der Waals surface area contributed by atoms with E-state index in [1.165, 1.54) is 16.4 Å². The lowest BCUT2D eigenvalue weighted by molar-refractivity contribution is -0.133. The van der Waals surface area contributed by atoms with E-state index < -0.39 is 10.0 Å². The molecule has 0 N–H and O–H groups in total. The highest BCUT2D eigenvalue weighted by atomic mass is 32.2. The molecule has 0 aliphatic rings. The van der Waals surface area contributed by atoms with Crippen LogP contribution in [-0.4, -0.2) is 36.1 Å². The lowest BCUT2D eigenvalue weighted by Gasteiger charge is -2.29. The van der Waals surface area contributed by atoms with E-state index in [2.05, 4.69) is 0 Å². The first-order chi connectivity index (χ1) is 16.7. The standard InChI is InChI=1S/C27H31FN2O3S2/c1-4-22(3)30(35(32,33)17-15-23-8-6-5-7-9-23)20-27(31)29(19-26-21(2)14-16-34-26)18-24-10-12-25(28)13-11-24/h5-17,22H,4,18-20H2,1-3H3/b17-15+. The number of thiophene rings is 1. The first kappa shape index (κ1) is 26.8. The van der Waals surface area contributed by atoms with Crippen molar-refractivity contribution in [1.29, 1.82) is 0 Å². The second-order valence-electron chi connectivity index (χ2n) is 8.46. The average Bonchev–Trinajstić information content (AvgIpc) is 3.26. The molecule has 0 spiro atoms. The van der Waals surface area contributed by atoms with Gasteiger partial charge in [-0.2, -0.15) is 4.31 Å². The third-order valence-corrected chi connectivity index (χ3v) is 8.50. The molecule has 2 aromatic carbocycles. The van der Waals surface area contributed by atoms with Gasteiger partial charge in [0.05, 0.1) is 13.1 Å². The van der Waals surface area contributed by atoms with Crippen LogP contribution in [-0.2, 0) is 27.9 Å². The maximum Gasteiger partial charge on any atom is 0.238 e. The van der Waals surface area contributed by atoms with Crippen molar-refractivity contribution < 1.29 is 17.6 Å². The Balaban J connectivity index is 1.86. The van der Waals surface area contributed by atoms with Crippen LogP contribution < -0.4 is 0 Å². The molecule has 0 saturated heterocycles. The van der Waals surface area contributed by atoms with Crippen molar-refractivity contribution in [1.82, 2.24) is 9.21 Å². The molecule has 0 aliphatic carbocycles. The van der Waals surface area contributed by atoms with Gasteiger partial charge >= 0.3 is 0 Å². The molecule has 0 saturated carbocycles. The third kappa shape index (κ3) is 7.59. The molecule has 8 heteroatoms. The molecule has 1 amide bonds. The molecule has 5 nitrogen and oxygen atoms in total. The normalized spacial score (nSPS) is 12.8. The Kier molecular flexibility index (Phi) is 9.37. The number of sulfonamides is 1. The first-order valence-electron chi connectivity index (χ1n) is 11.5. The van der Waals surface area contributed by atoms with Crippen LogP contribution in [0.4, 0.5) is 4.39 Å². The van der Waals surface area contributed by atoms with Crippen molar-refractivity contribution in [2.45, 2.75) is 46.3 Å². The molecule has 0 bridgehead atoms. The fourth-order valence-electron chi connectivity index (χ4n) is 3.52. The zero-order valence-corrected chi connectivity index (χ0v) is 21.9. The average molecular weight is 515 g/mol. The second kappa shape index (κ2) is 12.2. The lowest BCUT2D eigenvalue weighted by Crippen LogP contribution is -2.45. The first-order valence-corrected chi connectivity index (χ1v) is 13.9. The predicted molar refractivity (Wildman–Crippen MR) is 141 cm³/mol. The highest BCUT2D eigenvalue weighted by Gasteiger charge is 2.29. The quantitative estimate of drug-likeness (QED) is 0.324. The van der Waals surface area contributed by atoms with Crippen molar-refractivity contribution in [3.05, 3.63) is 98.8 Å². The van der Waals surface area contributed by atoms with Crippen LogP contribution in [0.25, 0.3) is 6.08 Å². The largest absolute Gasteiger partial charge is 0.332 e. The highest BCUT2D eigenvalue weighted by molar-refractivity contribution is 7.92. The smallest absolute Gasteiger partial charge is 0.238 e. The predicted octanol–water partition coefficient (Wildman–Crippen LogP) is 5.83. The van der Waals surface area contributed by atoms with Gasteiger partial charge in [-0.3, -0.25) is 4.79 Å². The molecule has 0 fully saturated rings. The Morgan fingerprint density at radius 2 is 1.74 bits per heavy atom. The Labute approximate surface area is 211 Å². The minimum atomic E-state index is -3.85. The van der Waals surface area contributed by atoms with Crippen LogP contribution in [0.2, 0.25) is 0 Å². The third-order valence-electron chi connectivity index (χ3n) is 5.87. The number of amides is 1. The zero-order valence-electron chi connectivity index (χ0n) is 20.2. The molecule has 1 heterocycles. The van der Waals surface area contributed by atoms with Crippen LogP contribution in [0.3, 0.4) is 0 Å². The van der Waals surface area contributed by atoms with Crippen molar-refractivity contribution in [3.63, 3.8) is 0 Å². The summed E-state index contributed by atoms with van der Waals surface area (Å²) in [6.45, 7) is 6.01. The molecule has 1 atom stereocenters. The Hall–Kier alpha value is -2.81. The number of aryl methyl sites for hydroxylation is 1. The number of hydrogen-bond acceptors (Lipinski definition) is 4. The van der Waals surface area contributed by atoms with Crippen molar-refractivity contribution in [3.8, 4) is 0 Å². The monoisotopic (exact) mass is 514 g/mol. The maximum atomic E-state index is 13.5. The van der Waals surface area contributed by atoms with Crippen LogP contribution in [0.15, 0.2) is 71.5 Å². The molecule has 1 aromatic heterocycles. The maximum absolute atomic E-state index is 13.5. The van der Waals surface area contributed by atoms with Crippen LogP contribution >= 0.6 is 11.3 Å². The van der Waals surface area contributed by atoms with Crippen molar-refractivity contribution >= 4 is 33.3 Å². The molecule has 186 valence electrons. The van der Waals surface area contributed by atoms with Gasteiger partial charge in [0.15, 0.2) is 0 Å². The van der Waals surface area contributed by atoms with Gasteiger partial charge in [0, 0.05) is 22.9 Å². The minimum Gasteiger partial charge on any atom is -0.332 e. The molecule has 1 unspecified atom stereocenters. The van der Waals surface area contributed by atoms with Crippen LogP contribution in [0.1, 0.15) is 41.8 Å². The zero-order chi connectivity index (χ0) is 25.4. The van der Waals surface area contributed by atoms with E-state index in [1.54, 1.807) is 41.4 Å². The van der Waals surface area contributed by atoms with E-state index >= 15 is 0 Å². The minimum absolute atomic E-state index is 0.255. The Morgan fingerprint density at radius 3 is 2.34 bits per heavy atom. The highest BCUT2D eigenvalue weighted by Crippen LogP contribution is 2.21. The fourth-order valence-corrected chi connectivity index (χ4v) is 5.87. The Morgan fingerprint density at radius 1 is 1.06 bits per heavy atom. The SMILES string of the molecule is CCC(C)N(CC(=O)N(Cc1ccc(F)cc1)Cc1sccc1C)S(=O)(=O)/C=C/c1ccccc1. The summed E-state index contributed by atoms with van der Waals surface area (Å²) in [5.74, 6) is -0.654. The summed E-state index contributed by atoms with van der Waals surface area (Å²) >= 11 is 1.55. The van der Waals surface area contributed by atoms with Crippen LogP contribution in [0, 0.1) is 12.7 Å². The number of halogens is 1. The number of nitrogens with zero attached hydrogens (tertiary/aromatic N) is 2. The molecular weight excluding hydrogens is 483 g/mol. The van der Waals surface area contributed by atoms with Gasteiger partial charge in [0.25, 0.3) is 0 Å². The molecule has 0 radical (unpaired) electrons. The summed E-state index contributed by atoms with van der Waals surface area (Å²) in [5.41, 5.74) is 2.61. The van der Waals surface area contributed by atoms with Gasteiger partial charge in [0.2, 0.25) is 15.9 Å². The number of carbonyl (C=O) groups is 1. The fraction of sp³-hybridized carbons (Fsp3) is 0.296. The number of benzene rings is 2. The number of hydrogen-bond donors (Lipinski definition) is 0. The summed E-state index contributed by atoms with van der Waals surface area (Å²) in [7, 11) is -3.85. The molecule has 3 rings (SSSR count). The Bertz CT molecular complexity index is 1240.